The van der Waals surface area contributed by atoms with Gasteiger partial charge in [0.1, 0.15) is 0 Å². The molecule has 1 amide bonds. The number of sulfonamides is 1. The monoisotopic (exact) mass is 524 g/mol. The molecule has 5 aromatic rings. The van der Waals surface area contributed by atoms with E-state index < -0.39 is 10.0 Å². The second-order valence-corrected chi connectivity index (χ2v) is 10.7. The number of rotatable bonds is 6. The van der Waals surface area contributed by atoms with Crippen molar-refractivity contribution < 1.29 is 13.2 Å². The third kappa shape index (κ3) is 4.91. The van der Waals surface area contributed by atoms with Gasteiger partial charge < -0.3 is 5.32 Å². The van der Waals surface area contributed by atoms with Gasteiger partial charge in [0.05, 0.1) is 23.0 Å². The molecule has 5 rings (SSSR count). The van der Waals surface area contributed by atoms with Crippen LogP contribution in [-0.4, -0.2) is 30.1 Å². The van der Waals surface area contributed by atoms with Gasteiger partial charge in [0.15, 0.2) is 0 Å². The largest absolute Gasteiger partial charge is 0.322 e. The molecule has 0 atom stereocenters. The molecule has 9 heteroatoms. The van der Waals surface area contributed by atoms with E-state index in [0.29, 0.717) is 28.1 Å². The maximum Gasteiger partial charge on any atom is 0.255 e. The molecule has 38 heavy (non-hydrogen) atoms. The molecule has 0 fully saturated rings. The maximum absolute atomic E-state index is 13.2. The number of aryl methyl sites for hydroxylation is 1. The minimum absolute atomic E-state index is 0.215. The summed E-state index contributed by atoms with van der Waals surface area (Å²) in [5.41, 5.74) is 5.49. The highest BCUT2D eigenvalue weighted by Crippen LogP contribution is 2.30. The van der Waals surface area contributed by atoms with Crippen LogP contribution in [0.1, 0.15) is 5.56 Å². The van der Waals surface area contributed by atoms with Gasteiger partial charge >= 0.3 is 0 Å². The summed E-state index contributed by atoms with van der Waals surface area (Å²) >= 11 is 0. The van der Waals surface area contributed by atoms with Crippen molar-refractivity contribution in [2.75, 3.05) is 16.3 Å². The first-order chi connectivity index (χ1) is 18.1. The molecule has 0 spiro atoms. The quantitative estimate of drug-likeness (QED) is 0.240. The van der Waals surface area contributed by atoms with E-state index in [4.69, 9.17) is 0 Å². The van der Waals surface area contributed by atoms with E-state index in [0.717, 1.165) is 33.7 Å². The molecule has 2 aromatic heterocycles. The number of aromatic nitrogens is 2. The van der Waals surface area contributed by atoms with Crippen LogP contribution < -0.4 is 15.6 Å². The van der Waals surface area contributed by atoms with Gasteiger partial charge in [0, 0.05) is 34.4 Å². The van der Waals surface area contributed by atoms with Crippen molar-refractivity contribution in [1.82, 2.24) is 9.55 Å². The fourth-order valence-electron chi connectivity index (χ4n) is 4.36. The van der Waals surface area contributed by atoms with E-state index in [-0.39, 0.29) is 11.5 Å². The molecule has 0 aliphatic rings. The van der Waals surface area contributed by atoms with Crippen LogP contribution in [0.4, 0.5) is 11.4 Å². The molecule has 2 heterocycles. The Morgan fingerprint density at radius 1 is 0.974 bits per heavy atom. The van der Waals surface area contributed by atoms with E-state index in [2.05, 4.69) is 21.6 Å². The number of amides is 1. The minimum Gasteiger partial charge on any atom is -0.322 e. The third-order valence-corrected chi connectivity index (χ3v) is 6.77. The van der Waals surface area contributed by atoms with Gasteiger partial charge in [0.2, 0.25) is 15.9 Å². The predicted molar refractivity (Wildman–Crippen MR) is 152 cm³/mol. The number of fused-ring (bicyclic) bond motifs is 3. The van der Waals surface area contributed by atoms with Crippen molar-refractivity contribution in [3.05, 3.63) is 108 Å². The van der Waals surface area contributed by atoms with Gasteiger partial charge in [-0.1, -0.05) is 36.9 Å². The first-order valence-corrected chi connectivity index (χ1v) is 13.6. The summed E-state index contributed by atoms with van der Waals surface area (Å²) < 4.78 is 27.1. The van der Waals surface area contributed by atoms with Crippen molar-refractivity contribution in [2.45, 2.75) is 6.92 Å². The molecule has 190 valence electrons. The number of carbonyl (C=O) groups excluding carboxylic acids is 1. The lowest BCUT2D eigenvalue weighted by Gasteiger charge is -2.15. The number of nitrogens with zero attached hydrogens (tertiary/aromatic N) is 2. The van der Waals surface area contributed by atoms with Gasteiger partial charge in [0.25, 0.3) is 5.56 Å². The predicted octanol–water partition coefficient (Wildman–Crippen LogP) is 5.01. The van der Waals surface area contributed by atoms with Crippen LogP contribution in [0.5, 0.6) is 0 Å². The van der Waals surface area contributed by atoms with Crippen LogP contribution in [0.3, 0.4) is 0 Å². The zero-order valence-electron chi connectivity index (χ0n) is 20.7. The number of carbonyl (C=O) groups is 1. The topological polar surface area (TPSA) is 110 Å². The smallest absolute Gasteiger partial charge is 0.255 e. The second kappa shape index (κ2) is 9.60. The molecule has 0 unspecified atom stereocenters. The summed E-state index contributed by atoms with van der Waals surface area (Å²) in [6.45, 7) is 5.38. The molecule has 0 saturated heterocycles. The standard InChI is InChI=1S/C29H24N4O4S/c1-4-27(34)31-25-16-23(12-5-18(25)2)33-28(35)14-9-21-17-30-26-15-20(8-13-24(26)29(21)33)19-6-10-22(11-7-19)32-38(3,36)37/h4-17,32H,1H2,2-3H3,(H,31,34). The molecular formula is C29H24N4O4S. The summed E-state index contributed by atoms with van der Waals surface area (Å²) in [6.07, 6.45) is 4.03. The van der Waals surface area contributed by atoms with Crippen LogP contribution in [0.2, 0.25) is 0 Å². The van der Waals surface area contributed by atoms with Crippen LogP contribution in [0.15, 0.2) is 96.4 Å². The summed E-state index contributed by atoms with van der Waals surface area (Å²) in [5, 5.41) is 4.37. The fraction of sp³-hybridized carbons (Fsp3) is 0.0690. The summed E-state index contributed by atoms with van der Waals surface area (Å²) in [6, 6.07) is 21.6. The SMILES string of the molecule is C=CC(=O)Nc1cc(-n2c(=O)ccc3cnc4cc(-c5ccc(NS(C)(=O)=O)cc5)ccc4c32)ccc1C. The summed E-state index contributed by atoms with van der Waals surface area (Å²) in [5.74, 6) is -0.335. The van der Waals surface area contributed by atoms with Crippen molar-refractivity contribution in [3.63, 3.8) is 0 Å². The number of hydrogen-bond acceptors (Lipinski definition) is 5. The van der Waals surface area contributed by atoms with Crippen molar-refractivity contribution in [1.29, 1.82) is 0 Å². The molecular weight excluding hydrogens is 500 g/mol. The Morgan fingerprint density at radius 2 is 1.71 bits per heavy atom. The summed E-state index contributed by atoms with van der Waals surface area (Å²) in [4.78, 5) is 29.7. The van der Waals surface area contributed by atoms with Crippen LogP contribution in [-0.2, 0) is 14.8 Å². The first kappa shape index (κ1) is 24.9. The van der Waals surface area contributed by atoms with Gasteiger partial charge in [-0.3, -0.25) is 23.9 Å². The Kier molecular flexibility index (Phi) is 6.30. The Hall–Kier alpha value is -4.76. The van der Waals surface area contributed by atoms with Crippen LogP contribution >= 0.6 is 0 Å². The van der Waals surface area contributed by atoms with Gasteiger partial charge in [-0.25, -0.2) is 8.42 Å². The number of benzene rings is 3. The zero-order valence-corrected chi connectivity index (χ0v) is 21.5. The van der Waals surface area contributed by atoms with Gasteiger partial charge in [-0.2, -0.15) is 0 Å². The van der Waals surface area contributed by atoms with E-state index in [9.17, 15) is 18.0 Å². The van der Waals surface area contributed by atoms with E-state index in [1.54, 1.807) is 35.0 Å². The lowest BCUT2D eigenvalue weighted by atomic mass is 10.0. The van der Waals surface area contributed by atoms with E-state index in [1.807, 2.05) is 49.4 Å². The number of anilines is 2. The highest BCUT2D eigenvalue weighted by atomic mass is 32.2. The first-order valence-electron chi connectivity index (χ1n) is 11.7. The molecule has 0 aliphatic heterocycles. The molecule has 8 nitrogen and oxygen atoms in total. The molecule has 0 aliphatic carbocycles. The number of nitrogens with one attached hydrogen (secondary N) is 2. The van der Waals surface area contributed by atoms with Crippen molar-refractivity contribution in [3.8, 4) is 16.8 Å². The number of pyridine rings is 2. The maximum atomic E-state index is 13.2. The van der Waals surface area contributed by atoms with Crippen molar-refractivity contribution in [2.24, 2.45) is 0 Å². The zero-order chi connectivity index (χ0) is 27.0. The lowest BCUT2D eigenvalue weighted by molar-refractivity contribution is -0.111. The average Bonchev–Trinajstić information content (AvgIpc) is 2.89. The fourth-order valence-corrected chi connectivity index (χ4v) is 4.92. The lowest BCUT2D eigenvalue weighted by Crippen LogP contribution is -2.18. The second-order valence-electron chi connectivity index (χ2n) is 8.95. The Morgan fingerprint density at radius 3 is 2.42 bits per heavy atom. The van der Waals surface area contributed by atoms with E-state index in [1.165, 1.54) is 12.1 Å². The number of hydrogen-bond donors (Lipinski definition) is 2. The van der Waals surface area contributed by atoms with Crippen LogP contribution in [0.25, 0.3) is 38.6 Å². The van der Waals surface area contributed by atoms with Crippen molar-refractivity contribution >= 4 is 49.1 Å². The van der Waals surface area contributed by atoms with Gasteiger partial charge in [-0.05, 0) is 66.1 Å². The average molecular weight is 525 g/mol. The normalized spacial score (nSPS) is 11.4. The highest BCUT2D eigenvalue weighted by Gasteiger charge is 2.13. The molecule has 0 saturated carbocycles. The molecule has 3 aromatic carbocycles. The Balaban J connectivity index is 1.64. The van der Waals surface area contributed by atoms with Crippen LogP contribution in [0, 0.1) is 6.92 Å². The van der Waals surface area contributed by atoms with Gasteiger partial charge in [-0.15, -0.1) is 0 Å². The molecule has 2 N–H and O–H groups in total. The van der Waals surface area contributed by atoms with E-state index >= 15 is 0 Å². The molecule has 0 radical (unpaired) electrons. The highest BCUT2D eigenvalue weighted by molar-refractivity contribution is 7.92. The molecule has 0 bridgehead atoms. The minimum atomic E-state index is -3.36. The third-order valence-electron chi connectivity index (χ3n) is 6.16. The Bertz CT molecular complexity index is 1910. The summed E-state index contributed by atoms with van der Waals surface area (Å²) in [7, 11) is -3.36. The Labute approximate surface area is 219 Å².